The van der Waals surface area contributed by atoms with Gasteiger partial charge in [0.15, 0.2) is 23.0 Å². The third-order valence-electron chi connectivity index (χ3n) is 5.00. The Balaban J connectivity index is 1.36. The Morgan fingerprint density at radius 1 is 1.06 bits per heavy atom. The molecule has 172 valence electrons. The smallest absolute Gasteiger partial charge is 0.293 e. The first kappa shape index (κ1) is 22.5. The first-order chi connectivity index (χ1) is 16.0. The van der Waals surface area contributed by atoms with E-state index in [2.05, 4.69) is 5.32 Å². The van der Waals surface area contributed by atoms with Crippen molar-refractivity contribution in [3.63, 3.8) is 0 Å². The van der Waals surface area contributed by atoms with Gasteiger partial charge in [-0.05, 0) is 53.7 Å². The largest absolute Gasteiger partial charge is 0.493 e. The van der Waals surface area contributed by atoms with E-state index in [9.17, 15) is 14.4 Å². The van der Waals surface area contributed by atoms with Gasteiger partial charge in [0.2, 0.25) is 0 Å². The summed E-state index contributed by atoms with van der Waals surface area (Å²) in [6.45, 7) is 1.07. The molecule has 0 atom stereocenters. The molecule has 0 saturated carbocycles. The highest BCUT2D eigenvalue weighted by atomic mass is 32.2. The fourth-order valence-corrected chi connectivity index (χ4v) is 4.22. The lowest BCUT2D eigenvalue weighted by molar-refractivity contribution is -0.122. The van der Waals surface area contributed by atoms with E-state index in [0.717, 1.165) is 16.7 Å². The molecule has 9 nitrogen and oxygen atoms in total. The summed E-state index contributed by atoms with van der Waals surface area (Å²) < 4.78 is 21.4. The molecule has 1 saturated heterocycles. The van der Waals surface area contributed by atoms with E-state index in [1.165, 1.54) is 14.2 Å². The number of imide groups is 1. The van der Waals surface area contributed by atoms with Crippen molar-refractivity contribution in [2.45, 2.75) is 0 Å². The number of methoxy groups -OCH3 is 2. The molecule has 0 radical (unpaired) electrons. The Morgan fingerprint density at radius 2 is 1.82 bits per heavy atom. The summed E-state index contributed by atoms with van der Waals surface area (Å²) in [4.78, 5) is 38.9. The highest BCUT2D eigenvalue weighted by molar-refractivity contribution is 8.18. The zero-order chi connectivity index (χ0) is 23.4. The van der Waals surface area contributed by atoms with E-state index < -0.39 is 5.91 Å². The molecule has 2 aromatic carbocycles. The Morgan fingerprint density at radius 3 is 2.58 bits per heavy atom. The van der Waals surface area contributed by atoms with Gasteiger partial charge in [-0.3, -0.25) is 19.3 Å². The van der Waals surface area contributed by atoms with Crippen LogP contribution >= 0.6 is 11.8 Å². The molecule has 33 heavy (non-hydrogen) atoms. The van der Waals surface area contributed by atoms with E-state index in [1.54, 1.807) is 42.5 Å². The number of fused-ring (bicyclic) bond motifs is 1. The van der Waals surface area contributed by atoms with Crippen LogP contribution in [0.1, 0.15) is 15.9 Å². The third kappa shape index (κ3) is 4.90. The molecule has 0 unspecified atom stereocenters. The van der Waals surface area contributed by atoms with Crippen molar-refractivity contribution >= 4 is 34.9 Å². The molecular weight excluding hydrogens is 448 g/mol. The lowest BCUT2D eigenvalue weighted by Gasteiger charge is -2.19. The summed E-state index contributed by atoms with van der Waals surface area (Å²) in [5.41, 5.74) is 1.10. The Kier molecular flexibility index (Phi) is 6.74. The van der Waals surface area contributed by atoms with Crippen molar-refractivity contribution in [1.29, 1.82) is 0 Å². The average Bonchev–Trinajstić information content (AvgIpc) is 3.10. The van der Waals surface area contributed by atoms with Gasteiger partial charge < -0.3 is 24.3 Å². The standard InChI is InChI=1S/C23H22N2O7S/c1-29-16-5-3-14(11-18(16)30-2)12-20-22(27)25(23(28)33-20)8-7-24-21(26)15-4-6-17-19(13-15)32-10-9-31-17/h3-6,11-13H,7-10H2,1-2H3,(H,24,26)/b20-12+. The molecule has 10 heteroatoms. The van der Waals surface area contributed by atoms with Gasteiger partial charge in [0.1, 0.15) is 13.2 Å². The molecule has 1 N–H and O–H groups in total. The molecule has 3 amide bonds. The summed E-state index contributed by atoms with van der Waals surface area (Å²) in [7, 11) is 3.06. The van der Waals surface area contributed by atoms with E-state index in [0.29, 0.717) is 52.2 Å². The minimum absolute atomic E-state index is 0.0598. The summed E-state index contributed by atoms with van der Waals surface area (Å²) >= 11 is 0.854. The van der Waals surface area contributed by atoms with Crippen LogP contribution in [0.4, 0.5) is 4.79 Å². The topological polar surface area (TPSA) is 103 Å². The number of ether oxygens (including phenoxy) is 4. The first-order valence-corrected chi connectivity index (χ1v) is 11.0. The summed E-state index contributed by atoms with van der Waals surface area (Å²) in [6.07, 6.45) is 1.63. The van der Waals surface area contributed by atoms with Crippen LogP contribution < -0.4 is 24.3 Å². The van der Waals surface area contributed by atoms with Gasteiger partial charge in [0, 0.05) is 18.7 Å². The van der Waals surface area contributed by atoms with Crippen LogP contribution in [0, 0.1) is 0 Å². The minimum atomic E-state index is -0.409. The number of carbonyl (C=O) groups is 3. The molecule has 0 aromatic heterocycles. The summed E-state index contributed by atoms with van der Waals surface area (Å²) in [5, 5.41) is 2.34. The Bertz CT molecular complexity index is 1130. The predicted molar refractivity (Wildman–Crippen MR) is 122 cm³/mol. The highest BCUT2D eigenvalue weighted by Gasteiger charge is 2.34. The predicted octanol–water partition coefficient (Wildman–Crippen LogP) is 2.94. The molecule has 0 aliphatic carbocycles. The number of nitrogens with one attached hydrogen (secondary N) is 1. The number of carbonyl (C=O) groups excluding carboxylic acids is 3. The summed E-state index contributed by atoms with van der Waals surface area (Å²) in [5.74, 6) is 1.45. The minimum Gasteiger partial charge on any atom is -0.493 e. The Labute approximate surface area is 194 Å². The molecule has 2 aliphatic rings. The maximum Gasteiger partial charge on any atom is 0.293 e. The number of hydrogen-bond acceptors (Lipinski definition) is 8. The second-order valence-corrected chi connectivity index (χ2v) is 8.06. The van der Waals surface area contributed by atoms with Crippen LogP contribution in [0.3, 0.4) is 0 Å². The lowest BCUT2D eigenvalue weighted by Crippen LogP contribution is -2.37. The molecular formula is C23H22N2O7S. The summed E-state index contributed by atoms with van der Waals surface area (Å²) in [6, 6.07) is 10.1. The van der Waals surface area contributed by atoms with Gasteiger partial charge in [0.25, 0.3) is 17.1 Å². The van der Waals surface area contributed by atoms with Crippen molar-refractivity contribution in [2.75, 3.05) is 40.5 Å². The number of benzene rings is 2. The van der Waals surface area contributed by atoms with Crippen molar-refractivity contribution in [1.82, 2.24) is 10.2 Å². The molecule has 2 aliphatic heterocycles. The monoisotopic (exact) mass is 470 g/mol. The van der Waals surface area contributed by atoms with Gasteiger partial charge in [-0.2, -0.15) is 0 Å². The fraction of sp³-hybridized carbons (Fsp3) is 0.261. The number of nitrogens with zero attached hydrogens (tertiary/aromatic N) is 1. The maximum atomic E-state index is 12.7. The van der Waals surface area contributed by atoms with Crippen LogP contribution in [0.2, 0.25) is 0 Å². The molecule has 2 heterocycles. The molecule has 0 spiro atoms. The van der Waals surface area contributed by atoms with Crippen LogP contribution in [0.25, 0.3) is 6.08 Å². The number of amides is 3. The SMILES string of the molecule is COc1ccc(/C=C2/SC(=O)N(CCNC(=O)c3ccc4c(c3)OCCO4)C2=O)cc1OC. The first-order valence-electron chi connectivity index (χ1n) is 10.2. The van der Waals surface area contributed by atoms with E-state index in [-0.39, 0.29) is 24.2 Å². The zero-order valence-corrected chi connectivity index (χ0v) is 18.9. The van der Waals surface area contributed by atoms with E-state index >= 15 is 0 Å². The van der Waals surface area contributed by atoms with Gasteiger partial charge in [-0.1, -0.05) is 6.07 Å². The van der Waals surface area contributed by atoms with E-state index in [1.807, 2.05) is 0 Å². The second kappa shape index (κ2) is 9.86. The van der Waals surface area contributed by atoms with Crippen molar-refractivity contribution in [3.05, 3.63) is 52.4 Å². The number of rotatable bonds is 7. The molecule has 4 rings (SSSR count). The quantitative estimate of drug-likeness (QED) is 0.616. The molecule has 0 bridgehead atoms. The molecule has 2 aromatic rings. The highest BCUT2D eigenvalue weighted by Crippen LogP contribution is 2.34. The third-order valence-corrected chi connectivity index (χ3v) is 5.91. The van der Waals surface area contributed by atoms with Crippen LogP contribution in [-0.4, -0.2) is 62.5 Å². The Hall–Kier alpha value is -3.66. The van der Waals surface area contributed by atoms with Gasteiger partial charge in [-0.25, -0.2) is 0 Å². The van der Waals surface area contributed by atoms with E-state index in [4.69, 9.17) is 18.9 Å². The number of thioether (sulfide) groups is 1. The normalized spacial score (nSPS) is 16.2. The zero-order valence-electron chi connectivity index (χ0n) is 18.1. The second-order valence-electron chi connectivity index (χ2n) is 7.06. The fourth-order valence-electron chi connectivity index (χ4n) is 3.35. The van der Waals surface area contributed by atoms with Gasteiger partial charge >= 0.3 is 0 Å². The van der Waals surface area contributed by atoms with Crippen molar-refractivity contribution in [2.24, 2.45) is 0 Å². The van der Waals surface area contributed by atoms with Gasteiger partial charge in [0.05, 0.1) is 19.1 Å². The molecule has 1 fully saturated rings. The lowest BCUT2D eigenvalue weighted by atomic mass is 10.2. The average molecular weight is 471 g/mol. The maximum absolute atomic E-state index is 12.7. The van der Waals surface area contributed by atoms with Crippen LogP contribution in [0.5, 0.6) is 23.0 Å². The van der Waals surface area contributed by atoms with Crippen molar-refractivity contribution < 1.29 is 33.3 Å². The number of hydrogen-bond donors (Lipinski definition) is 1. The van der Waals surface area contributed by atoms with Gasteiger partial charge in [-0.15, -0.1) is 0 Å². The van der Waals surface area contributed by atoms with Crippen LogP contribution in [-0.2, 0) is 4.79 Å². The van der Waals surface area contributed by atoms with Crippen molar-refractivity contribution in [3.8, 4) is 23.0 Å². The van der Waals surface area contributed by atoms with Crippen LogP contribution in [0.15, 0.2) is 41.3 Å².